The number of benzene rings is 2. The molecule has 0 aliphatic heterocycles. The summed E-state index contributed by atoms with van der Waals surface area (Å²) in [5.74, 6) is 0.451. The summed E-state index contributed by atoms with van der Waals surface area (Å²) in [6.45, 7) is 6.55. The van der Waals surface area contributed by atoms with E-state index in [1.54, 1.807) is 42.5 Å². The van der Waals surface area contributed by atoms with E-state index < -0.39 is 17.5 Å². The van der Waals surface area contributed by atoms with Gasteiger partial charge in [-0.15, -0.1) is 0 Å². The molecule has 0 N–H and O–H groups in total. The second-order valence-electron chi connectivity index (χ2n) is 9.46. The van der Waals surface area contributed by atoms with Crippen molar-refractivity contribution in [1.29, 1.82) is 0 Å². The minimum Gasteiger partial charge on any atom is -0.426 e. The molecular weight excluding hydrogens is 478 g/mol. The van der Waals surface area contributed by atoms with Gasteiger partial charge < -0.3 is 33.3 Å². The summed E-state index contributed by atoms with van der Waals surface area (Å²) in [5.41, 5.74) is 4.33. The first-order valence-corrected chi connectivity index (χ1v) is 11.9. The fraction of sp³-hybridized carbons (Fsp3) is 0.500. The maximum Gasteiger partial charge on any atom is 0.414 e. The van der Waals surface area contributed by atoms with Gasteiger partial charge in [0.25, 0.3) is 0 Å². The first-order valence-electron chi connectivity index (χ1n) is 11.9. The molecule has 37 heavy (non-hydrogen) atoms. The molecule has 9 nitrogen and oxygen atoms in total. The molecule has 0 heterocycles. The van der Waals surface area contributed by atoms with Gasteiger partial charge in [-0.3, -0.25) is 4.79 Å². The number of esters is 1. The van der Waals surface area contributed by atoms with Crippen molar-refractivity contribution in [2.45, 2.75) is 52.6 Å². The van der Waals surface area contributed by atoms with E-state index in [4.69, 9.17) is 28.4 Å². The average molecular weight is 518 g/mol. The quantitative estimate of drug-likeness (QED) is 0.298. The zero-order valence-corrected chi connectivity index (χ0v) is 23.4. The van der Waals surface area contributed by atoms with Crippen LogP contribution in [-0.2, 0) is 55.6 Å². The number of hydrogen-bond acceptors (Lipinski definition) is 8. The average Bonchev–Trinajstić information content (AvgIpc) is 2.82. The normalized spacial score (nSPS) is 11.4. The highest BCUT2D eigenvalue weighted by Crippen LogP contribution is 2.40. The topological polar surface area (TPSA) is 92.8 Å². The molecule has 0 aromatic heterocycles. The maximum absolute atomic E-state index is 12.4. The number of rotatable bonds is 12. The van der Waals surface area contributed by atoms with Gasteiger partial charge in [-0.25, -0.2) is 4.79 Å². The Kier molecular flexibility index (Phi) is 11.1. The van der Waals surface area contributed by atoms with Crippen LogP contribution in [0.4, 0.5) is 4.79 Å². The molecule has 0 radical (unpaired) electrons. The highest BCUT2D eigenvalue weighted by Gasteiger charge is 2.29. The van der Waals surface area contributed by atoms with Crippen molar-refractivity contribution in [1.82, 2.24) is 4.90 Å². The van der Waals surface area contributed by atoms with Crippen LogP contribution in [0.5, 0.6) is 11.5 Å². The second kappa shape index (κ2) is 13.5. The van der Waals surface area contributed by atoms with Crippen LogP contribution in [0.25, 0.3) is 0 Å². The summed E-state index contributed by atoms with van der Waals surface area (Å²) in [4.78, 5) is 25.6. The Morgan fingerprint density at radius 1 is 0.676 bits per heavy atom. The first-order chi connectivity index (χ1) is 17.5. The Morgan fingerprint density at radius 3 is 1.27 bits per heavy atom. The van der Waals surface area contributed by atoms with Gasteiger partial charge in [-0.1, -0.05) is 13.8 Å². The lowest BCUT2D eigenvalue weighted by Crippen LogP contribution is -2.27. The molecule has 0 fully saturated rings. The number of carbonyl (C=O) groups is 2. The third kappa shape index (κ3) is 7.52. The van der Waals surface area contributed by atoms with Gasteiger partial charge in [0.05, 0.1) is 26.4 Å². The fourth-order valence-corrected chi connectivity index (χ4v) is 4.03. The lowest BCUT2D eigenvalue weighted by molar-refractivity contribution is -0.132. The molecule has 2 aromatic rings. The van der Waals surface area contributed by atoms with E-state index in [1.807, 2.05) is 24.3 Å². The molecular formula is C28H39NO8. The molecule has 0 saturated heterocycles. The smallest absolute Gasteiger partial charge is 0.414 e. The number of nitrogens with zero attached hydrogens (tertiary/aromatic N) is 1. The summed E-state index contributed by atoms with van der Waals surface area (Å²) < 4.78 is 33.0. The van der Waals surface area contributed by atoms with E-state index >= 15 is 0 Å². The minimum atomic E-state index is -0.519. The Bertz CT molecular complexity index is 1040. The summed E-state index contributed by atoms with van der Waals surface area (Å²) >= 11 is 0. The van der Waals surface area contributed by atoms with Gasteiger partial charge >= 0.3 is 12.1 Å². The number of amides is 1. The van der Waals surface area contributed by atoms with Crippen molar-refractivity contribution >= 4 is 12.1 Å². The van der Waals surface area contributed by atoms with Gasteiger partial charge in [-0.2, -0.15) is 0 Å². The van der Waals surface area contributed by atoms with Crippen LogP contribution >= 0.6 is 0 Å². The first kappa shape index (κ1) is 30.2. The van der Waals surface area contributed by atoms with Crippen LogP contribution in [0, 0.1) is 0 Å². The monoisotopic (exact) mass is 517 g/mol. The predicted octanol–water partition coefficient (Wildman–Crippen LogP) is 4.58. The summed E-state index contributed by atoms with van der Waals surface area (Å²) in [5, 5.41) is 0. The van der Waals surface area contributed by atoms with Crippen molar-refractivity contribution in [2.75, 3.05) is 42.5 Å². The Morgan fingerprint density at radius 2 is 1.00 bits per heavy atom. The molecule has 2 rings (SSSR count). The van der Waals surface area contributed by atoms with Crippen LogP contribution in [0.15, 0.2) is 24.3 Å². The SMILES string of the molecule is COCc1cc(C(C)(C)c2cc(COC)c(OC(=O)N(C)C)c(COC)c2)cc(COC)c1OC(C)=O. The van der Waals surface area contributed by atoms with Gasteiger partial charge in [0.1, 0.15) is 11.5 Å². The van der Waals surface area contributed by atoms with Crippen molar-refractivity contribution in [2.24, 2.45) is 0 Å². The Hall–Kier alpha value is -2.98. The highest BCUT2D eigenvalue weighted by atomic mass is 16.6. The fourth-order valence-electron chi connectivity index (χ4n) is 4.03. The molecule has 0 aliphatic carbocycles. The van der Waals surface area contributed by atoms with Crippen molar-refractivity contribution < 1.29 is 38.0 Å². The third-order valence-electron chi connectivity index (χ3n) is 5.93. The zero-order chi connectivity index (χ0) is 27.8. The summed E-state index contributed by atoms with van der Waals surface area (Å²) in [6.07, 6.45) is -0.490. The lowest BCUT2D eigenvalue weighted by atomic mass is 9.76. The third-order valence-corrected chi connectivity index (χ3v) is 5.93. The van der Waals surface area contributed by atoms with Gasteiger partial charge in [0.15, 0.2) is 0 Å². The standard InChI is InChI=1S/C28H39NO8/c1-18(30)36-25-19(14-32-6)10-23(11-20(25)15-33-7)28(2,3)24-12-21(16-34-8)26(22(13-24)17-35-9)37-27(31)29(4)5/h10-13H,14-17H2,1-9H3. The second-order valence-corrected chi connectivity index (χ2v) is 9.46. The summed E-state index contributed by atoms with van der Waals surface area (Å²) in [6, 6.07) is 7.92. The van der Waals surface area contributed by atoms with Gasteiger partial charge in [0.2, 0.25) is 0 Å². The van der Waals surface area contributed by atoms with Crippen LogP contribution < -0.4 is 9.47 Å². The van der Waals surface area contributed by atoms with Gasteiger partial charge in [-0.05, 0) is 35.4 Å². The molecule has 2 aromatic carbocycles. The minimum absolute atomic E-state index is 0.242. The van der Waals surface area contributed by atoms with E-state index in [0.717, 1.165) is 33.4 Å². The molecule has 9 heteroatoms. The predicted molar refractivity (Wildman–Crippen MR) is 139 cm³/mol. The largest absolute Gasteiger partial charge is 0.426 e. The molecule has 0 aliphatic rings. The Labute approximate surface area is 219 Å². The molecule has 0 bridgehead atoms. The number of methoxy groups -OCH3 is 4. The summed E-state index contributed by atoms with van der Waals surface area (Å²) in [7, 11) is 9.61. The number of hydrogen-bond donors (Lipinski definition) is 0. The van der Waals surface area contributed by atoms with E-state index in [1.165, 1.54) is 11.8 Å². The molecule has 0 unspecified atom stereocenters. The van der Waals surface area contributed by atoms with Crippen molar-refractivity contribution in [3.8, 4) is 11.5 Å². The van der Waals surface area contributed by atoms with E-state index in [0.29, 0.717) is 11.5 Å². The molecule has 204 valence electrons. The van der Waals surface area contributed by atoms with Crippen LogP contribution in [0.3, 0.4) is 0 Å². The highest BCUT2D eigenvalue weighted by molar-refractivity contribution is 5.72. The van der Waals surface area contributed by atoms with Gasteiger partial charge in [0, 0.05) is 77.1 Å². The van der Waals surface area contributed by atoms with Crippen LogP contribution in [-0.4, -0.2) is 59.5 Å². The lowest BCUT2D eigenvalue weighted by Gasteiger charge is -2.30. The van der Waals surface area contributed by atoms with Crippen molar-refractivity contribution in [3.05, 3.63) is 57.6 Å². The molecule has 0 spiro atoms. The molecule has 0 atom stereocenters. The van der Waals surface area contributed by atoms with Crippen LogP contribution in [0.1, 0.15) is 54.2 Å². The zero-order valence-electron chi connectivity index (χ0n) is 23.4. The van der Waals surface area contributed by atoms with E-state index in [-0.39, 0.29) is 26.4 Å². The number of ether oxygens (including phenoxy) is 6. The number of carbonyl (C=O) groups excluding carboxylic acids is 2. The van der Waals surface area contributed by atoms with E-state index in [9.17, 15) is 9.59 Å². The maximum atomic E-state index is 12.4. The molecule has 0 saturated carbocycles. The van der Waals surface area contributed by atoms with Crippen molar-refractivity contribution in [3.63, 3.8) is 0 Å². The Balaban J connectivity index is 2.75. The van der Waals surface area contributed by atoms with Crippen LogP contribution in [0.2, 0.25) is 0 Å². The van der Waals surface area contributed by atoms with E-state index in [2.05, 4.69) is 13.8 Å². The molecule has 1 amide bonds.